The number of aromatic nitrogens is 1. The molecular formula is C28H21BrFNO4. The number of methoxy groups -OCH3 is 2. The second-order valence-electron chi connectivity index (χ2n) is 8.63. The van der Waals surface area contributed by atoms with Gasteiger partial charge in [0.15, 0.2) is 29.5 Å². The van der Waals surface area contributed by atoms with Crippen molar-refractivity contribution in [3.63, 3.8) is 0 Å². The molecule has 1 aromatic heterocycles. The SMILES string of the molecule is COc1ccc2c(c1OC)c(-c1ccc(F)cc1)[n+]1c3c2ccc2c4c(cc(c23)CC1)OCO4.[Br-]. The van der Waals surface area contributed by atoms with Crippen LogP contribution in [0.5, 0.6) is 23.0 Å². The zero-order valence-electron chi connectivity index (χ0n) is 19.2. The molecule has 0 saturated carbocycles. The van der Waals surface area contributed by atoms with Gasteiger partial charge >= 0.3 is 0 Å². The van der Waals surface area contributed by atoms with Gasteiger partial charge in [0.05, 0.1) is 25.0 Å². The average molecular weight is 534 g/mol. The van der Waals surface area contributed by atoms with E-state index in [9.17, 15) is 4.39 Å². The first-order chi connectivity index (χ1) is 16.7. The van der Waals surface area contributed by atoms with E-state index in [1.54, 1.807) is 14.2 Å². The quantitative estimate of drug-likeness (QED) is 0.264. The summed E-state index contributed by atoms with van der Waals surface area (Å²) in [5, 5.41) is 5.35. The summed E-state index contributed by atoms with van der Waals surface area (Å²) in [5.41, 5.74) is 4.28. The van der Waals surface area contributed by atoms with Crippen LogP contribution in [0.1, 0.15) is 5.56 Å². The summed E-state index contributed by atoms with van der Waals surface area (Å²) in [4.78, 5) is 0. The lowest BCUT2D eigenvalue weighted by molar-refractivity contribution is -0.659. The Labute approximate surface area is 211 Å². The number of halogens is 2. The number of ether oxygens (including phenoxy) is 4. The highest BCUT2D eigenvalue weighted by molar-refractivity contribution is 6.19. The van der Waals surface area contributed by atoms with E-state index in [1.807, 2.05) is 18.2 Å². The average Bonchev–Trinajstić information content (AvgIpc) is 3.35. The minimum atomic E-state index is -0.266. The van der Waals surface area contributed by atoms with Gasteiger partial charge in [0.25, 0.3) is 0 Å². The Morgan fingerprint density at radius 1 is 0.857 bits per heavy atom. The lowest BCUT2D eigenvalue weighted by atomic mass is 9.90. The van der Waals surface area contributed by atoms with Crippen LogP contribution < -0.4 is 40.5 Å². The zero-order chi connectivity index (χ0) is 23.0. The van der Waals surface area contributed by atoms with E-state index in [1.165, 1.54) is 23.1 Å². The van der Waals surface area contributed by atoms with E-state index in [0.29, 0.717) is 11.5 Å². The van der Waals surface area contributed by atoms with Crippen molar-refractivity contribution in [2.75, 3.05) is 21.0 Å². The van der Waals surface area contributed by atoms with Crippen molar-refractivity contribution in [2.45, 2.75) is 13.0 Å². The second-order valence-corrected chi connectivity index (χ2v) is 8.63. The van der Waals surface area contributed by atoms with Crippen molar-refractivity contribution in [3.8, 4) is 34.3 Å². The largest absolute Gasteiger partial charge is 1.00 e. The molecule has 0 amide bonds. The summed E-state index contributed by atoms with van der Waals surface area (Å²) in [6.07, 6.45) is 0.843. The first-order valence-electron chi connectivity index (χ1n) is 11.2. The minimum Gasteiger partial charge on any atom is -1.00 e. The summed E-state index contributed by atoms with van der Waals surface area (Å²) in [5.74, 6) is 2.66. The minimum absolute atomic E-state index is 0. The van der Waals surface area contributed by atoms with Gasteiger partial charge in [-0.3, -0.25) is 0 Å². The van der Waals surface area contributed by atoms with Gasteiger partial charge in [-0.05, 0) is 60.2 Å². The summed E-state index contributed by atoms with van der Waals surface area (Å²) in [6.45, 7) is 1.01. The summed E-state index contributed by atoms with van der Waals surface area (Å²) in [6, 6.07) is 17.1. The highest BCUT2D eigenvalue weighted by atomic mass is 79.9. The van der Waals surface area contributed by atoms with Gasteiger partial charge in [0, 0.05) is 22.8 Å². The molecule has 176 valence electrons. The highest BCUT2D eigenvalue weighted by Gasteiger charge is 2.34. The fourth-order valence-corrected chi connectivity index (χ4v) is 5.63. The van der Waals surface area contributed by atoms with Crippen molar-refractivity contribution < 1.29 is 44.9 Å². The third-order valence-electron chi connectivity index (χ3n) is 7.03. The van der Waals surface area contributed by atoms with Crippen LogP contribution in [-0.4, -0.2) is 21.0 Å². The van der Waals surface area contributed by atoms with E-state index in [0.717, 1.165) is 62.8 Å². The molecule has 7 heteroatoms. The molecule has 2 aliphatic heterocycles. The van der Waals surface area contributed by atoms with Crippen molar-refractivity contribution in [3.05, 3.63) is 66.0 Å². The van der Waals surface area contributed by atoms with Crippen LogP contribution in [0.15, 0.2) is 54.6 Å². The zero-order valence-corrected chi connectivity index (χ0v) is 20.7. The molecule has 0 aliphatic carbocycles. The van der Waals surface area contributed by atoms with Crippen LogP contribution in [0.4, 0.5) is 4.39 Å². The standard InChI is InChI=1S/C28H21FNO4.BrH/c1-31-21-10-9-18-19-7-8-20-23-16(13-22-27(20)34-14-33-22)11-12-30(26(19)23)25(24(18)28(21)32-2)15-3-5-17(29)6-4-15;/h3-10,13H,11-12,14H2,1-2H3;1H/q+1;/p-1. The Morgan fingerprint density at radius 2 is 1.63 bits per heavy atom. The van der Waals surface area contributed by atoms with Gasteiger partial charge in [-0.1, -0.05) is 0 Å². The smallest absolute Gasteiger partial charge is 0.231 e. The molecule has 0 unspecified atom stereocenters. The molecule has 5 aromatic rings. The Bertz CT molecular complexity index is 1670. The molecule has 4 aromatic carbocycles. The lowest BCUT2D eigenvalue weighted by Crippen LogP contribution is -3.00. The fraction of sp³-hybridized carbons (Fsp3) is 0.179. The topological polar surface area (TPSA) is 40.8 Å². The molecule has 3 heterocycles. The van der Waals surface area contributed by atoms with E-state index >= 15 is 0 Å². The second kappa shape index (κ2) is 7.99. The first-order valence-corrected chi connectivity index (χ1v) is 11.2. The van der Waals surface area contributed by atoms with Crippen LogP contribution in [-0.2, 0) is 13.0 Å². The molecule has 0 atom stereocenters. The molecule has 0 spiro atoms. The van der Waals surface area contributed by atoms with Crippen molar-refractivity contribution in [1.82, 2.24) is 0 Å². The summed E-state index contributed by atoms with van der Waals surface area (Å²) in [7, 11) is 3.30. The van der Waals surface area contributed by atoms with Gasteiger partial charge in [0.2, 0.25) is 18.0 Å². The molecule has 0 radical (unpaired) electrons. The Balaban J connectivity index is 0.00000229. The fourth-order valence-electron chi connectivity index (χ4n) is 5.63. The molecule has 5 nitrogen and oxygen atoms in total. The van der Waals surface area contributed by atoms with E-state index < -0.39 is 0 Å². The van der Waals surface area contributed by atoms with Crippen molar-refractivity contribution >= 4 is 32.4 Å². The first kappa shape index (κ1) is 21.9. The molecule has 0 saturated heterocycles. The van der Waals surface area contributed by atoms with Crippen molar-refractivity contribution in [2.24, 2.45) is 0 Å². The van der Waals surface area contributed by atoms with Gasteiger partial charge in [0.1, 0.15) is 11.2 Å². The van der Waals surface area contributed by atoms with Gasteiger partial charge in [-0.25, -0.2) is 4.39 Å². The van der Waals surface area contributed by atoms with E-state index in [4.69, 9.17) is 18.9 Å². The number of hydrogen-bond donors (Lipinski definition) is 0. The molecule has 7 rings (SSSR count). The van der Waals surface area contributed by atoms with Crippen LogP contribution >= 0.6 is 0 Å². The Hall–Kier alpha value is -3.58. The molecule has 0 bridgehead atoms. The lowest BCUT2D eigenvalue weighted by Gasteiger charge is -2.21. The third-order valence-corrected chi connectivity index (χ3v) is 7.03. The third kappa shape index (κ3) is 2.94. The maximum absolute atomic E-state index is 13.9. The van der Waals surface area contributed by atoms with Crippen LogP contribution in [0.3, 0.4) is 0 Å². The summed E-state index contributed by atoms with van der Waals surface area (Å²) < 4.78 is 39.3. The van der Waals surface area contributed by atoms with E-state index in [2.05, 4.69) is 28.8 Å². The van der Waals surface area contributed by atoms with E-state index in [-0.39, 0.29) is 29.6 Å². The molecule has 2 aliphatic rings. The number of fused-ring (bicyclic) bond motifs is 4. The molecule has 35 heavy (non-hydrogen) atoms. The number of aryl methyl sites for hydroxylation is 2. The molecule has 0 N–H and O–H groups in total. The number of benzene rings is 4. The number of pyridine rings is 1. The normalized spacial score (nSPS) is 13.5. The van der Waals surface area contributed by atoms with Gasteiger partial charge < -0.3 is 35.9 Å². The predicted octanol–water partition coefficient (Wildman–Crippen LogP) is 2.55. The predicted molar refractivity (Wildman–Crippen MR) is 127 cm³/mol. The van der Waals surface area contributed by atoms with Gasteiger partial charge in [-0.2, -0.15) is 4.57 Å². The Kier molecular flexibility index (Phi) is 5.00. The van der Waals surface area contributed by atoms with Gasteiger partial charge in [-0.15, -0.1) is 0 Å². The highest BCUT2D eigenvalue weighted by Crippen LogP contribution is 2.48. The van der Waals surface area contributed by atoms with Crippen LogP contribution in [0.25, 0.3) is 43.7 Å². The maximum Gasteiger partial charge on any atom is 0.231 e. The maximum atomic E-state index is 13.9. The number of nitrogens with zero attached hydrogens (tertiary/aromatic N) is 1. The number of hydrogen-bond acceptors (Lipinski definition) is 4. The Morgan fingerprint density at radius 3 is 2.40 bits per heavy atom. The number of rotatable bonds is 3. The van der Waals surface area contributed by atoms with Crippen LogP contribution in [0, 0.1) is 5.82 Å². The molecule has 0 fully saturated rings. The van der Waals surface area contributed by atoms with Crippen molar-refractivity contribution in [1.29, 1.82) is 0 Å². The van der Waals surface area contributed by atoms with Crippen LogP contribution in [0.2, 0.25) is 0 Å². The summed E-state index contributed by atoms with van der Waals surface area (Å²) >= 11 is 0. The molecular weight excluding hydrogens is 513 g/mol. The monoisotopic (exact) mass is 533 g/mol.